The van der Waals surface area contributed by atoms with E-state index in [0.29, 0.717) is 16.5 Å². The van der Waals surface area contributed by atoms with Crippen LogP contribution in [0.3, 0.4) is 0 Å². The summed E-state index contributed by atoms with van der Waals surface area (Å²) in [6, 6.07) is 15.7. The van der Waals surface area contributed by atoms with E-state index in [9.17, 15) is 22.8 Å². The number of alkyl halides is 3. The van der Waals surface area contributed by atoms with Gasteiger partial charge in [0.2, 0.25) is 0 Å². The van der Waals surface area contributed by atoms with Gasteiger partial charge in [0.15, 0.2) is 5.69 Å². The molecule has 0 radical (unpaired) electrons. The van der Waals surface area contributed by atoms with Gasteiger partial charge in [-0.2, -0.15) is 23.5 Å². The van der Waals surface area contributed by atoms with E-state index in [0.717, 1.165) is 16.9 Å². The zero-order valence-electron chi connectivity index (χ0n) is 17.3. The van der Waals surface area contributed by atoms with E-state index >= 15 is 0 Å². The van der Waals surface area contributed by atoms with Crippen molar-refractivity contribution in [2.45, 2.75) is 12.7 Å². The van der Waals surface area contributed by atoms with Crippen LogP contribution < -0.4 is 11.1 Å². The van der Waals surface area contributed by atoms with Crippen LogP contribution in [0, 0.1) is 11.3 Å². The SMILES string of the molecule is N#Cc1ccc(Cn2cc(NC(=O)c3cc(C(N)=O)nc4ccccc34)c(C(F)(F)F)n2)cc1. The Bertz CT molecular complexity index is 1450. The van der Waals surface area contributed by atoms with Crippen molar-refractivity contribution in [1.82, 2.24) is 14.8 Å². The highest BCUT2D eigenvalue weighted by atomic mass is 19.4. The Morgan fingerprint density at radius 3 is 2.47 bits per heavy atom. The number of rotatable bonds is 5. The second-order valence-corrected chi connectivity index (χ2v) is 7.29. The Morgan fingerprint density at radius 1 is 1.12 bits per heavy atom. The summed E-state index contributed by atoms with van der Waals surface area (Å²) in [6.07, 6.45) is -3.77. The van der Waals surface area contributed by atoms with Crippen LogP contribution >= 0.6 is 0 Å². The first-order valence-corrected chi connectivity index (χ1v) is 9.80. The lowest BCUT2D eigenvalue weighted by molar-refractivity contribution is -0.140. The van der Waals surface area contributed by atoms with Crippen molar-refractivity contribution < 1.29 is 22.8 Å². The van der Waals surface area contributed by atoms with Gasteiger partial charge in [0.25, 0.3) is 11.8 Å². The molecule has 2 heterocycles. The maximum absolute atomic E-state index is 13.6. The van der Waals surface area contributed by atoms with Crippen LogP contribution in [0.2, 0.25) is 0 Å². The summed E-state index contributed by atoms with van der Waals surface area (Å²) in [4.78, 5) is 28.7. The molecule has 4 rings (SSSR count). The van der Waals surface area contributed by atoms with Crippen molar-refractivity contribution in [3.63, 3.8) is 0 Å². The third-order valence-corrected chi connectivity index (χ3v) is 4.92. The van der Waals surface area contributed by atoms with Gasteiger partial charge in [-0.15, -0.1) is 0 Å². The number of amides is 2. The molecule has 2 aromatic heterocycles. The molecule has 0 unspecified atom stereocenters. The highest BCUT2D eigenvalue weighted by molar-refractivity contribution is 6.13. The van der Waals surface area contributed by atoms with Gasteiger partial charge in [-0.3, -0.25) is 14.3 Å². The highest BCUT2D eigenvalue weighted by Gasteiger charge is 2.38. The van der Waals surface area contributed by atoms with Crippen molar-refractivity contribution in [3.8, 4) is 6.07 Å². The molecule has 2 amide bonds. The second kappa shape index (κ2) is 8.67. The van der Waals surface area contributed by atoms with E-state index in [1.165, 1.54) is 12.1 Å². The molecule has 3 N–H and O–H groups in total. The van der Waals surface area contributed by atoms with E-state index in [2.05, 4.69) is 15.4 Å². The molecule has 0 aliphatic carbocycles. The summed E-state index contributed by atoms with van der Waals surface area (Å²) in [5.41, 5.74) is 4.51. The van der Waals surface area contributed by atoms with Crippen molar-refractivity contribution >= 4 is 28.4 Å². The number of para-hydroxylation sites is 1. The first-order chi connectivity index (χ1) is 16.2. The molecule has 2 aromatic carbocycles. The maximum atomic E-state index is 13.6. The molecular formula is C23H15F3N6O2. The Morgan fingerprint density at radius 2 is 1.82 bits per heavy atom. The number of halogens is 3. The van der Waals surface area contributed by atoms with E-state index in [1.54, 1.807) is 36.4 Å². The van der Waals surface area contributed by atoms with Crippen LogP contribution in [0.25, 0.3) is 10.9 Å². The number of primary amides is 1. The van der Waals surface area contributed by atoms with Gasteiger partial charge in [0.05, 0.1) is 34.9 Å². The summed E-state index contributed by atoms with van der Waals surface area (Å²) in [5.74, 6) is -1.77. The first kappa shape index (κ1) is 22.5. The van der Waals surface area contributed by atoms with Gasteiger partial charge < -0.3 is 11.1 Å². The van der Waals surface area contributed by atoms with Gasteiger partial charge in [0, 0.05) is 11.6 Å². The molecule has 11 heteroatoms. The number of carbonyl (C=O) groups excluding carboxylic acids is 2. The fraction of sp³-hybridized carbons (Fsp3) is 0.0870. The average Bonchev–Trinajstić information content (AvgIpc) is 3.21. The molecule has 0 aliphatic rings. The van der Waals surface area contributed by atoms with E-state index in [1.807, 2.05) is 6.07 Å². The minimum absolute atomic E-state index is 0.0192. The fourth-order valence-electron chi connectivity index (χ4n) is 3.35. The zero-order chi connectivity index (χ0) is 24.5. The number of nitrogens with zero attached hydrogens (tertiary/aromatic N) is 4. The number of nitriles is 1. The molecule has 0 fully saturated rings. The minimum atomic E-state index is -4.84. The number of benzene rings is 2. The van der Waals surface area contributed by atoms with E-state index in [4.69, 9.17) is 11.0 Å². The molecule has 4 aromatic rings. The third-order valence-electron chi connectivity index (χ3n) is 4.92. The molecule has 0 saturated carbocycles. The molecule has 34 heavy (non-hydrogen) atoms. The number of carbonyl (C=O) groups is 2. The number of anilines is 1. The van der Waals surface area contributed by atoms with Crippen LogP contribution in [-0.4, -0.2) is 26.6 Å². The third kappa shape index (κ3) is 4.56. The summed E-state index contributed by atoms with van der Waals surface area (Å²) >= 11 is 0. The molecule has 0 atom stereocenters. The Labute approximate surface area is 190 Å². The number of fused-ring (bicyclic) bond motifs is 1. The monoisotopic (exact) mass is 464 g/mol. The fourth-order valence-corrected chi connectivity index (χ4v) is 3.35. The number of hydrogen-bond acceptors (Lipinski definition) is 5. The maximum Gasteiger partial charge on any atom is 0.437 e. The number of nitrogens with one attached hydrogen (secondary N) is 1. The average molecular weight is 464 g/mol. The lowest BCUT2D eigenvalue weighted by Gasteiger charge is -2.10. The second-order valence-electron chi connectivity index (χ2n) is 7.29. The van der Waals surface area contributed by atoms with Crippen LogP contribution in [0.1, 0.15) is 37.7 Å². The topological polar surface area (TPSA) is 127 Å². The minimum Gasteiger partial charge on any atom is -0.364 e. The summed E-state index contributed by atoms with van der Waals surface area (Å²) in [5, 5.41) is 15.1. The van der Waals surface area contributed by atoms with Gasteiger partial charge >= 0.3 is 6.18 Å². The van der Waals surface area contributed by atoms with E-state index in [-0.39, 0.29) is 23.3 Å². The lowest BCUT2D eigenvalue weighted by atomic mass is 10.1. The van der Waals surface area contributed by atoms with Crippen molar-refractivity contribution in [2.24, 2.45) is 5.73 Å². The van der Waals surface area contributed by atoms with Gasteiger partial charge in [0.1, 0.15) is 5.69 Å². The standard InChI is InChI=1S/C23H15F3N6O2/c24-23(25,26)20-19(12-32(31-20)11-14-7-5-13(10-27)6-8-14)30-22(34)16-9-18(21(28)33)29-17-4-2-1-3-15(16)17/h1-9,12H,11H2,(H2,28,33)(H,30,34). The molecule has 8 nitrogen and oxygen atoms in total. The summed E-state index contributed by atoms with van der Waals surface area (Å²) < 4.78 is 42.0. The van der Waals surface area contributed by atoms with E-state index < -0.39 is 29.4 Å². The summed E-state index contributed by atoms with van der Waals surface area (Å²) in [6.45, 7) is -0.0192. The molecule has 0 spiro atoms. The Hall–Kier alpha value is -4.72. The number of aromatic nitrogens is 3. The zero-order valence-corrected chi connectivity index (χ0v) is 17.3. The Kier molecular flexibility index (Phi) is 5.73. The van der Waals surface area contributed by atoms with Crippen molar-refractivity contribution in [1.29, 1.82) is 5.26 Å². The Balaban J connectivity index is 1.70. The first-order valence-electron chi connectivity index (χ1n) is 9.80. The van der Waals surface area contributed by atoms with Gasteiger partial charge in [-0.25, -0.2) is 4.98 Å². The lowest BCUT2D eigenvalue weighted by Crippen LogP contribution is -2.19. The van der Waals surface area contributed by atoms with Crippen LogP contribution in [-0.2, 0) is 12.7 Å². The van der Waals surface area contributed by atoms with Gasteiger partial charge in [-0.1, -0.05) is 30.3 Å². The summed E-state index contributed by atoms with van der Waals surface area (Å²) in [7, 11) is 0. The molecule has 0 saturated heterocycles. The van der Waals surface area contributed by atoms with Crippen LogP contribution in [0.4, 0.5) is 18.9 Å². The quantitative estimate of drug-likeness (QED) is 0.465. The predicted octanol–water partition coefficient (Wildman–Crippen LogP) is 3.72. The number of hydrogen-bond donors (Lipinski definition) is 2. The molecule has 170 valence electrons. The number of pyridine rings is 1. The van der Waals surface area contributed by atoms with Crippen molar-refractivity contribution in [3.05, 3.63) is 88.9 Å². The number of nitrogens with two attached hydrogens (primary N) is 1. The van der Waals surface area contributed by atoms with Crippen LogP contribution in [0.5, 0.6) is 0 Å². The smallest absolute Gasteiger partial charge is 0.364 e. The molecule has 0 bridgehead atoms. The largest absolute Gasteiger partial charge is 0.437 e. The molecular weight excluding hydrogens is 449 g/mol. The molecule has 0 aliphatic heterocycles. The van der Waals surface area contributed by atoms with Gasteiger partial charge in [-0.05, 0) is 29.8 Å². The normalized spacial score (nSPS) is 11.2. The highest BCUT2D eigenvalue weighted by Crippen LogP contribution is 2.34. The predicted molar refractivity (Wildman–Crippen MR) is 116 cm³/mol. The van der Waals surface area contributed by atoms with Crippen LogP contribution in [0.15, 0.2) is 60.8 Å². The van der Waals surface area contributed by atoms with Crippen molar-refractivity contribution in [2.75, 3.05) is 5.32 Å².